The van der Waals surface area contributed by atoms with E-state index >= 15 is 0 Å². The molecule has 0 fully saturated rings. The molecule has 0 saturated heterocycles. The minimum absolute atomic E-state index is 0.0579. The minimum atomic E-state index is -0.0579. The van der Waals surface area contributed by atoms with E-state index in [1.165, 1.54) is 0 Å². The molecule has 1 amide bonds. The van der Waals surface area contributed by atoms with Crippen molar-refractivity contribution in [1.82, 2.24) is 5.32 Å². The second-order valence-electron chi connectivity index (χ2n) is 4.09. The Morgan fingerprint density at radius 3 is 2.81 bits per heavy atom. The van der Waals surface area contributed by atoms with Gasteiger partial charge in [-0.05, 0) is 31.0 Å². The summed E-state index contributed by atoms with van der Waals surface area (Å²) >= 11 is 0. The third-order valence-corrected chi connectivity index (χ3v) is 2.02. The molecule has 0 aliphatic carbocycles. The average Bonchev–Trinajstić information content (AvgIpc) is 2.27. The molecule has 0 aliphatic rings. The van der Waals surface area contributed by atoms with Crippen molar-refractivity contribution in [1.29, 1.82) is 0 Å². The van der Waals surface area contributed by atoms with Gasteiger partial charge >= 0.3 is 0 Å². The van der Waals surface area contributed by atoms with Crippen molar-refractivity contribution in [2.24, 2.45) is 5.92 Å². The van der Waals surface area contributed by atoms with Gasteiger partial charge in [-0.15, -0.1) is 0 Å². The predicted octanol–water partition coefficient (Wildman–Crippen LogP) is 2.47. The lowest BCUT2D eigenvalue weighted by atomic mass is 10.2. The van der Waals surface area contributed by atoms with E-state index in [9.17, 15) is 4.79 Å². The number of rotatable bonds is 5. The van der Waals surface area contributed by atoms with Crippen LogP contribution in [-0.2, 0) is 0 Å². The highest BCUT2D eigenvalue weighted by molar-refractivity contribution is 5.94. The molecule has 0 radical (unpaired) electrons. The van der Waals surface area contributed by atoms with E-state index in [2.05, 4.69) is 19.2 Å². The van der Waals surface area contributed by atoms with Crippen LogP contribution in [-0.4, -0.2) is 19.1 Å². The number of ether oxygens (including phenoxy) is 1. The fraction of sp³-hybridized carbons (Fsp3) is 0.462. The molecule has 88 valence electrons. The zero-order valence-corrected chi connectivity index (χ0v) is 10.1. The van der Waals surface area contributed by atoms with Crippen molar-refractivity contribution in [2.75, 3.05) is 13.2 Å². The summed E-state index contributed by atoms with van der Waals surface area (Å²) in [6.45, 7) is 7.38. The number of carbonyl (C=O) groups is 1. The van der Waals surface area contributed by atoms with Crippen LogP contribution in [0.5, 0.6) is 5.75 Å². The van der Waals surface area contributed by atoms with Crippen LogP contribution in [0.4, 0.5) is 0 Å². The van der Waals surface area contributed by atoms with Crippen molar-refractivity contribution in [3.63, 3.8) is 0 Å². The van der Waals surface area contributed by atoms with Gasteiger partial charge in [0.25, 0.3) is 5.91 Å². The molecule has 0 unspecified atom stereocenters. The lowest BCUT2D eigenvalue weighted by Crippen LogP contribution is -2.22. The van der Waals surface area contributed by atoms with E-state index in [-0.39, 0.29) is 5.91 Å². The minimum Gasteiger partial charge on any atom is -0.493 e. The summed E-state index contributed by atoms with van der Waals surface area (Å²) in [5.74, 6) is 1.17. The van der Waals surface area contributed by atoms with Crippen LogP contribution >= 0.6 is 0 Å². The average molecular weight is 221 g/mol. The van der Waals surface area contributed by atoms with Crippen molar-refractivity contribution in [3.05, 3.63) is 29.8 Å². The zero-order chi connectivity index (χ0) is 12.0. The first-order valence-electron chi connectivity index (χ1n) is 5.64. The molecule has 3 nitrogen and oxygen atoms in total. The maximum Gasteiger partial charge on any atom is 0.251 e. The van der Waals surface area contributed by atoms with Gasteiger partial charge in [0, 0.05) is 12.1 Å². The molecular weight excluding hydrogens is 202 g/mol. The highest BCUT2D eigenvalue weighted by Gasteiger charge is 2.05. The second kappa shape index (κ2) is 6.16. The predicted molar refractivity (Wildman–Crippen MR) is 64.8 cm³/mol. The number of amides is 1. The fourth-order valence-corrected chi connectivity index (χ4v) is 1.25. The van der Waals surface area contributed by atoms with E-state index in [1.807, 2.05) is 19.1 Å². The summed E-state index contributed by atoms with van der Waals surface area (Å²) in [5.41, 5.74) is 0.642. The van der Waals surface area contributed by atoms with Crippen LogP contribution in [0.15, 0.2) is 24.3 Å². The van der Waals surface area contributed by atoms with Crippen molar-refractivity contribution in [2.45, 2.75) is 20.8 Å². The first-order valence-corrected chi connectivity index (χ1v) is 5.64. The molecule has 1 N–H and O–H groups in total. The summed E-state index contributed by atoms with van der Waals surface area (Å²) in [7, 11) is 0. The highest BCUT2D eigenvalue weighted by atomic mass is 16.5. The Bertz CT molecular complexity index is 348. The van der Waals surface area contributed by atoms with Crippen molar-refractivity contribution in [3.8, 4) is 5.75 Å². The standard InChI is InChI=1S/C13H19NO2/c1-4-14-13(15)11-6-5-7-12(8-11)16-9-10(2)3/h5-8,10H,4,9H2,1-3H3,(H,14,15). The number of benzene rings is 1. The molecule has 0 saturated carbocycles. The van der Waals surface area contributed by atoms with Gasteiger partial charge < -0.3 is 10.1 Å². The summed E-state index contributed by atoms with van der Waals surface area (Å²) in [6.07, 6.45) is 0. The SMILES string of the molecule is CCNC(=O)c1cccc(OCC(C)C)c1. The smallest absolute Gasteiger partial charge is 0.251 e. The summed E-state index contributed by atoms with van der Waals surface area (Å²) in [4.78, 5) is 11.6. The molecule has 3 heteroatoms. The lowest BCUT2D eigenvalue weighted by molar-refractivity contribution is 0.0955. The molecule has 0 spiro atoms. The van der Waals surface area contributed by atoms with Gasteiger partial charge in [-0.1, -0.05) is 19.9 Å². The van der Waals surface area contributed by atoms with E-state index in [0.717, 1.165) is 5.75 Å². The Labute approximate surface area is 96.8 Å². The van der Waals surface area contributed by atoms with Gasteiger partial charge in [-0.25, -0.2) is 0 Å². The van der Waals surface area contributed by atoms with Gasteiger partial charge in [-0.3, -0.25) is 4.79 Å². The Hall–Kier alpha value is -1.51. The Morgan fingerprint density at radius 1 is 1.44 bits per heavy atom. The Balaban J connectivity index is 2.67. The first kappa shape index (κ1) is 12.6. The van der Waals surface area contributed by atoms with Crippen LogP contribution in [0.3, 0.4) is 0 Å². The molecule has 1 aromatic carbocycles. The molecule has 0 bridgehead atoms. The van der Waals surface area contributed by atoms with Crippen LogP contribution in [0.1, 0.15) is 31.1 Å². The van der Waals surface area contributed by atoms with E-state index < -0.39 is 0 Å². The lowest BCUT2D eigenvalue weighted by Gasteiger charge is -2.09. The van der Waals surface area contributed by atoms with E-state index in [1.54, 1.807) is 12.1 Å². The Morgan fingerprint density at radius 2 is 2.19 bits per heavy atom. The second-order valence-corrected chi connectivity index (χ2v) is 4.09. The van der Waals surface area contributed by atoms with Gasteiger partial charge in [0.2, 0.25) is 0 Å². The van der Waals surface area contributed by atoms with Crippen LogP contribution in [0.2, 0.25) is 0 Å². The van der Waals surface area contributed by atoms with Gasteiger partial charge in [0.15, 0.2) is 0 Å². The summed E-state index contributed by atoms with van der Waals surface area (Å²) < 4.78 is 5.56. The largest absolute Gasteiger partial charge is 0.493 e. The number of nitrogens with one attached hydrogen (secondary N) is 1. The molecule has 0 aliphatic heterocycles. The third kappa shape index (κ3) is 3.93. The topological polar surface area (TPSA) is 38.3 Å². The number of hydrogen-bond donors (Lipinski definition) is 1. The van der Waals surface area contributed by atoms with Crippen LogP contribution in [0, 0.1) is 5.92 Å². The van der Waals surface area contributed by atoms with Gasteiger partial charge in [-0.2, -0.15) is 0 Å². The normalized spacial score (nSPS) is 10.2. The molecule has 16 heavy (non-hydrogen) atoms. The molecular formula is C13H19NO2. The maximum atomic E-state index is 11.6. The quantitative estimate of drug-likeness (QED) is 0.829. The summed E-state index contributed by atoms with van der Waals surface area (Å²) in [5, 5.41) is 2.76. The van der Waals surface area contributed by atoms with Crippen LogP contribution in [0.25, 0.3) is 0 Å². The zero-order valence-electron chi connectivity index (χ0n) is 10.1. The summed E-state index contributed by atoms with van der Waals surface area (Å²) in [6, 6.07) is 7.26. The first-order chi connectivity index (χ1) is 7.63. The molecule has 0 aromatic heterocycles. The molecule has 0 atom stereocenters. The fourth-order valence-electron chi connectivity index (χ4n) is 1.25. The number of carbonyl (C=O) groups excluding carboxylic acids is 1. The van der Waals surface area contributed by atoms with Crippen LogP contribution < -0.4 is 10.1 Å². The van der Waals surface area contributed by atoms with Crippen molar-refractivity contribution < 1.29 is 9.53 Å². The Kier molecular flexibility index (Phi) is 4.83. The van der Waals surface area contributed by atoms with E-state index in [0.29, 0.717) is 24.6 Å². The van der Waals surface area contributed by atoms with E-state index in [4.69, 9.17) is 4.74 Å². The van der Waals surface area contributed by atoms with Gasteiger partial charge in [0.1, 0.15) is 5.75 Å². The number of hydrogen-bond acceptors (Lipinski definition) is 2. The monoisotopic (exact) mass is 221 g/mol. The molecule has 1 rings (SSSR count). The van der Waals surface area contributed by atoms with Gasteiger partial charge in [0.05, 0.1) is 6.61 Å². The molecule has 1 aromatic rings. The molecule has 0 heterocycles. The highest BCUT2D eigenvalue weighted by Crippen LogP contribution is 2.14. The third-order valence-electron chi connectivity index (χ3n) is 2.02. The van der Waals surface area contributed by atoms with Crippen molar-refractivity contribution >= 4 is 5.91 Å². The maximum absolute atomic E-state index is 11.6.